The predicted molar refractivity (Wildman–Crippen MR) is 18.3 cm³/mol. The summed E-state index contributed by atoms with van der Waals surface area (Å²) in [7, 11) is 0. The van der Waals surface area contributed by atoms with E-state index in [-0.39, 0.29) is 0 Å². The van der Waals surface area contributed by atoms with E-state index < -0.39 is 0 Å². The van der Waals surface area contributed by atoms with E-state index in [9.17, 15) is 0 Å². The van der Waals surface area contributed by atoms with Crippen LogP contribution in [0.3, 0.4) is 0 Å². The van der Waals surface area contributed by atoms with E-state index in [1.165, 1.54) is 0 Å². The largest absolute Gasteiger partial charge is 0.472 e. The van der Waals surface area contributed by atoms with Gasteiger partial charge in [0.2, 0.25) is 0 Å². The average Bonchev–Trinajstić information content (AvgIpc) is 1.76. The molecular weight excluding hydrogens is 66.0 g/mol. The van der Waals surface area contributed by atoms with Gasteiger partial charge in [0.25, 0.3) is 6.40 Å². The van der Waals surface area contributed by atoms with E-state index in [0.717, 1.165) is 13.2 Å². The molecule has 0 atom stereocenters. The molecule has 0 bridgehead atoms. The lowest BCUT2D eigenvalue weighted by atomic mass is 10.8. The third-order valence-corrected chi connectivity index (χ3v) is 0.434. The van der Waals surface area contributed by atoms with E-state index in [0.29, 0.717) is 0 Å². The molecule has 0 unspecified atom stereocenters. The van der Waals surface area contributed by atoms with Gasteiger partial charge in [0.15, 0.2) is 0 Å². The van der Waals surface area contributed by atoms with Gasteiger partial charge in [-0.15, -0.1) is 0 Å². The van der Waals surface area contributed by atoms with Crippen LogP contribution < -0.4 is 0 Å². The van der Waals surface area contributed by atoms with Crippen molar-refractivity contribution in [3.05, 3.63) is 0 Å². The molecule has 0 N–H and O–H groups in total. The summed E-state index contributed by atoms with van der Waals surface area (Å²) in [5.74, 6) is 0. The molecule has 5 heavy (non-hydrogen) atoms. The van der Waals surface area contributed by atoms with Gasteiger partial charge in [-0.1, -0.05) is 0 Å². The van der Waals surface area contributed by atoms with E-state index in [2.05, 4.69) is 16.1 Å². The molecule has 0 aliphatic carbocycles. The Balaban J connectivity index is 2.32. The lowest BCUT2D eigenvalue weighted by molar-refractivity contribution is 0.361. The first-order chi connectivity index (χ1) is 2.50. The molecule has 0 saturated heterocycles. The summed E-state index contributed by atoms with van der Waals surface area (Å²) in [5.41, 5.74) is 0. The van der Waals surface area contributed by atoms with Gasteiger partial charge in [-0.3, -0.25) is 0 Å². The third kappa shape index (κ3) is 0.375. The van der Waals surface area contributed by atoms with Crippen molar-refractivity contribution in [1.29, 1.82) is 0 Å². The van der Waals surface area contributed by atoms with E-state index in [4.69, 9.17) is 0 Å². The fraction of sp³-hybridized carbons (Fsp3) is 0.667. The fourth-order valence-electron chi connectivity index (χ4n) is 0.228. The predicted octanol–water partition coefficient (Wildman–Crippen LogP) is -0.0781. The lowest BCUT2D eigenvalue weighted by Crippen LogP contribution is -1.80. The van der Waals surface area contributed by atoms with Gasteiger partial charge in [-0.25, -0.2) is 4.99 Å². The van der Waals surface area contributed by atoms with Crippen molar-refractivity contribution >= 4 is 6.40 Å². The molecule has 0 amide bonds. The van der Waals surface area contributed by atoms with Gasteiger partial charge in [-0.2, -0.15) is 0 Å². The van der Waals surface area contributed by atoms with Crippen molar-refractivity contribution in [3.63, 3.8) is 0 Å². The molecule has 0 fully saturated rings. The Bertz CT molecular complexity index is 44.9. The summed E-state index contributed by atoms with van der Waals surface area (Å²) in [6.45, 7) is 1.51. The second-order valence-corrected chi connectivity index (χ2v) is 0.821. The van der Waals surface area contributed by atoms with E-state index >= 15 is 0 Å². The summed E-state index contributed by atoms with van der Waals surface area (Å²) in [6.07, 6.45) is 2.35. The summed E-state index contributed by atoms with van der Waals surface area (Å²) in [4.78, 5) is 3.61. The van der Waals surface area contributed by atoms with Crippen LogP contribution >= 0.6 is 0 Å². The van der Waals surface area contributed by atoms with Crippen LogP contribution in [0.25, 0.3) is 0 Å². The molecular formula is C3H4NO. The first-order valence-electron chi connectivity index (χ1n) is 1.53. The van der Waals surface area contributed by atoms with Crippen LogP contribution in [0.5, 0.6) is 0 Å². The second kappa shape index (κ2) is 1.06. The minimum Gasteiger partial charge on any atom is -0.472 e. The second-order valence-electron chi connectivity index (χ2n) is 0.821. The van der Waals surface area contributed by atoms with Crippen LogP contribution in [0.4, 0.5) is 0 Å². The number of ether oxygens (including phenoxy) is 1. The van der Waals surface area contributed by atoms with Crippen LogP contribution in [0.1, 0.15) is 0 Å². The van der Waals surface area contributed by atoms with Gasteiger partial charge < -0.3 is 4.74 Å². The molecule has 1 heterocycles. The maximum Gasteiger partial charge on any atom is 0.273 e. The highest BCUT2D eigenvalue weighted by Crippen LogP contribution is 1.78. The van der Waals surface area contributed by atoms with Gasteiger partial charge >= 0.3 is 0 Å². The third-order valence-electron chi connectivity index (χ3n) is 0.434. The zero-order valence-electron chi connectivity index (χ0n) is 2.77. The Morgan fingerprint density at radius 3 is 3.00 bits per heavy atom. The first-order valence-corrected chi connectivity index (χ1v) is 1.53. The SMILES string of the molecule is [C]1=NCCO1. The number of aliphatic imine (C=N–C) groups is 1. The topological polar surface area (TPSA) is 21.6 Å². The Morgan fingerprint density at radius 2 is 2.80 bits per heavy atom. The smallest absolute Gasteiger partial charge is 0.273 e. The van der Waals surface area contributed by atoms with Crippen LogP contribution in [0, 0.1) is 0 Å². The molecule has 1 radical (unpaired) electrons. The summed E-state index contributed by atoms with van der Waals surface area (Å²) < 4.78 is 4.53. The molecule has 0 aromatic heterocycles. The number of nitrogens with zero attached hydrogens (tertiary/aromatic N) is 1. The van der Waals surface area contributed by atoms with Crippen molar-refractivity contribution in [2.45, 2.75) is 0 Å². The summed E-state index contributed by atoms with van der Waals surface area (Å²) in [6, 6.07) is 0. The van der Waals surface area contributed by atoms with Crippen LogP contribution in [-0.4, -0.2) is 19.6 Å². The van der Waals surface area contributed by atoms with Gasteiger partial charge in [0.1, 0.15) is 6.61 Å². The highest BCUT2D eigenvalue weighted by molar-refractivity contribution is 5.47. The minimum atomic E-state index is 0.722. The van der Waals surface area contributed by atoms with Crippen LogP contribution in [0.2, 0.25) is 0 Å². The molecule has 1 aliphatic heterocycles. The zero-order chi connectivity index (χ0) is 3.54. The molecule has 1 rings (SSSR count). The highest BCUT2D eigenvalue weighted by Gasteiger charge is 1.86. The Labute approximate surface area is 30.5 Å². The average molecular weight is 70.1 g/mol. The van der Waals surface area contributed by atoms with Crippen LogP contribution in [0.15, 0.2) is 4.99 Å². The molecule has 0 saturated carbocycles. The fourth-order valence-corrected chi connectivity index (χ4v) is 0.228. The molecule has 2 heteroatoms. The van der Waals surface area contributed by atoms with E-state index in [1.54, 1.807) is 0 Å². The number of hydrogen-bond acceptors (Lipinski definition) is 2. The van der Waals surface area contributed by atoms with E-state index in [1.807, 2.05) is 0 Å². The van der Waals surface area contributed by atoms with Crippen molar-refractivity contribution < 1.29 is 4.74 Å². The Morgan fingerprint density at radius 1 is 1.80 bits per heavy atom. The summed E-state index contributed by atoms with van der Waals surface area (Å²) in [5, 5.41) is 0. The van der Waals surface area contributed by atoms with Crippen molar-refractivity contribution in [2.24, 2.45) is 4.99 Å². The maximum atomic E-state index is 4.53. The highest BCUT2D eigenvalue weighted by atomic mass is 16.5. The quantitative estimate of drug-likeness (QED) is 0.390. The monoisotopic (exact) mass is 70.0 g/mol. The maximum absolute atomic E-state index is 4.53. The number of hydrogen-bond donors (Lipinski definition) is 0. The standard InChI is InChI=1S/C3H4NO/c1-2-5-3-4-1/h1-2H2. The minimum absolute atomic E-state index is 0.722. The van der Waals surface area contributed by atoms with Gasteiger partial charge in [-0.05, 0) is 0 Å². The Kier molecular flexibility index (Phi) is 0.571. The summed E-state index contributed by atoms with van der Waals surface area (Å²) >= 11 is 0. The molecule has 27 valence electrons. The van der Waals surface area contributed by atoms with Gasteiger partial charge in [0.05, 0.1) is 6.54 Å². The normalized spacial score (nSPS) is 19.2. The van der Waals surface area contributed by atoms with Crippen molar-refractivity contribution in [2.75, 3.05) is 13.2 Å². The van der Waals surface area contributed by atoms with Crippen LogP contribution in [-0.2, 0) is 4.74 Å². The first kappa shape index (κ1) is 2.69. The molecule has 1 aliphatic rings. The molecule has 0 aromatic carbocycles. The Hall–Kier alpha value is -0.530. The van der Waals surface area contributed by atoms with Crippen molar-refractivity contribution in [1.82, 2.24) is 0 Å². The molecule has 0 spiro atoms. The van der Waals surface area contributed by atoms with Crippen molar-refractivity contribution in [3.8, 4) is 0 Å². The molecule has 2 nitrogen and oxygen atoms in total. The lowest BCUT2D eigenvalue weighted by Gasteiger charge is -1.74. The molecule has 0 aromatic rings. The zero-order valence-corrected chi connectivity index (χ0v) is 2.77. The number of rotatable bonds is 0. The van der Waals surface area contributed by atoms with Gasteiger partial charge in [0, 0.05) is 0 Å².